The number of sulfonamides is 1. The first-order valence-corrected chi connectivity index (χ1v) is 11.4. The SMILES string of the molecule is C=CCN(C=C)S(=O)(=O)c1ccc(C(=O)Nc2nc3c(s2)Cc2ccccc2-3)cc1. The summed E-state index contributed by atoms with van der Waals surface area (Å²) in [4.78, 5) is 18.4. The number of hydrogen-bond donors (Lipinski definition) is 1. The van der Waals surface area contributed by atoms with E-state index in [4.69, 9.17) is 0 Å². The number of carbonyl (C=O) groups excluding carboxylic acids is 1. The second-order valence-electron chi connectivity index (χ2n) is 6.65. The van der Waals surface area contributed by atoms with E-state index in [0.717, 1.165) is 26.9 Å². The van der Waals surface area contributed by atoms with Gasteiger partial charge in [0, 0.05) is 28.6 Å². The quantitative estimate of drug-likeness (QED) is 0.438. The van der Waals surface area contributed by atoms with Gasteiger partial charge in [-0.1, -0.05) is 36.9 Å². The molecule has 2 aromatic carbocycles. The Morgan fingerprint density at radius 1 is 1.17 bits per heavy atom. The van der Waals surface area contributed by atoms with Gasteiger partial charge in [0.05, 0.1) is 17.1 Å². The van der Waals surface area contributed by atoms with Crippen LogP contribution in [-0.4, -0.2) is 30.2 Å². The predicted octanol–water partition coefficient (Wildman–Crippen LogP) is 4.29. The Bertz CT molecular complexity index is 1240. The molecule has 0 saturated heterocycles. The Morgan fingerprint density at radius 3 is 2.60 bits per heavy atom. The average Bonchev–Trinajstić information content (AvgIpc) is 3.29. The summed E-state index contributed by atoms with van der Waals surface area (Å²) >= 11 is 1.46. The van der Waals surface area contributed by atoms with Crippen LogP contribution in [0.2, 0.25) is 0 Å². The van der Waals surface area contributed by atoms with E-state index in [-0.39, 0.29) is 17.3 Å². The first-order valence-electron chi connectivity index (χ1n) is 9.18. The van der Waals surface area contributed by atoms with Gasteiger partial charge in [-0.05, 0) is 29.8 Å². The molecule has 1 aliphatic rings. The third-order valence-corrected chi connectivity index (χ3v) is 7.53. The highest BCUT2D eigenvalue weighted by atomic mass is 32.2. The topological polar surface area (TPSA) is 79.4 Å². The number of hydrogen-bond acceptors (Lipinski definition) is 5. The molecule has 1 heterocycles. The fourth-order valence-electron chi connectivity index (χ4n) is 3.29. The molecule has 3 aromatic rings. The number of amides is 1. The van der Waals surface area contributed by atoms with Gasteiger partial charge >= 0.3 is 0 Å². The first kappa shape index (κ1) is 20.1. The zero-order valence-corrected chi connectivity index (χ0v) is 17.7. The molecule has 1 N–H and O–H groups in total. The molecule has 8 heteroatoms. The zero-order valence-electron chi connectivity index (χ0n) is 16.0. The summed E-state index contributed by atoms with van der Waals surface area (Å²) in [6.07, 6.45) is 3.53. The van der Waals surface area contributed by atoms with Crippen LogP contribution in [-0.2, 0) is 16.4 Å². The number of nitrogens with one attached hydrogen (secondary N) is 1. The fraction of sp³-hybridized carbons (Fsp3) is 0.0909. The molecule has 1 aromatic heterocycles. The van der Waals surface area contributed by atoms with Crippen LogP contribution in [0.5, 0.6) is 0 Å². The van der Waals surface area contributed by atoms with Gasteiger partial charge in [0.1, 0.15) is 0 Å². The Kier molecular flexibility index (Phi) is 5.27. The number of benzene rings is 2. The van der Waals surface area contributed by atoms with Crippen LogP contribution in [0.1, 0.15) is 20.8 Å². The fourth-order valence-corrected chi connectivity index (χ4v) is 5.54. The monoisotopic (exact) mass is 437 g/mol. The lowest BCUT2D eigenvalue weighted by atomic mass is 10.1. The molecule has 0 fully saturated rings. The van der Waals surface area contributed by atoms with Crippen molar-refractivity contribution in [3.05, 3.63) is 90.0 Å². The molecule has 0 radical (unpaired) electrons. The highest BCUT2D eigenvalue weighted by Crippen LogP contribution is 2.40. The largest absolute Gasteiger partial charge is 0.298 e. The van der Waals surface area contributed by atoms with E-state index in [1.54, 1.807) is 0 Å². The van der Waals surface area contributed by atoms with E-state index in [1.165, 1.54) is 53.4 Å². The van der Waals surface area contributed by atoms with Gasteiger partial charge in [0.15, 0.2) is 5.13 Å². The lowest BCUT2D eigenvalue weighted by Gasteiger charge is -2.18. The third-order valence-electron chi connectivity index (χ3n) is 4.78. The van der Waals surface area contributed by atoms with Crippen molar-refractivity contribution in [2.45, 2.75) is 11.3 Å². The van der Waals surface area contributed by atoms with Crippen molar-refractivity contribution in [1.82, 2.24) is 9.29 Å². The first-order chi connectivity index (χ1) is 14.4. The van der Waals surface area contributed by atoms with E-state index in [1.807, 2.05) is 18.2 Å². The molecule has 152 valence electrons. The third kappa shape index (κ3) is 3.55. The van der Waals surface area contributed by atoms with E-state index in [0.29, 0.717) is 10.7 Å². The summed E-state index contributed by atoms with van der Waals surface area (Å²) in [5, 5.41) is 3.34. The van der Waals surface area contributed by atoms with Crippen molar-refractivity contribution in [2.75, 3.05) is 11.9 Å². The summed E-state index contributed by atoms with van der Waals surface area (Å²) in [6, 6.07) is 13.9. The predicted molar refractivity (Wildman–Crippen MR) is 119 cm³/mol. The molecule has 0 aliphatic heterocycles. The molecule has 1 amide bonds. The average molecular weight is 438 g/mol. The van der Waals surface area contributed by atoms with Crippen LogP contribution in [0, 0.1) is 0 Å². The molecule has 1 aliphatic carbocycles. The molecule has 0 atom stereocenters. The maximum Gasteiger partial charge on any atom is 0.264 e. The summed E-state index contributed by atoms with van der Waals surface area (Å²) in [5.41, 5.74) is 3.61. The molecule has 0 spiro atoms. The van der Waals surface area contributed by atoms with Crippen molar-refractivity contribution in [2.24, 2.45) is 0 Å². The highest BCUT2D eigenvalue weighted by Gasteiger charge is 2.24. The minimum atomic E-state index is -3.74. The smallest absolute Gasteiger partial charge is 0.264 e. The summed E-state index contributed by atoms with van der Waals surface area (Å²) in [7, 11) is -3.74. The normalized spacial score (nSPS) is 12.0. The van der Waals surface area contributed by atoms with Crippen LogP contribution >= 0.6 is 11.3 Å². The number of rotatable bonds is 7. The lowest BCUT2D eigenvalue weighted by Crippen LogP contribution is -2.25. The van der Waals surface area contributed by atoms with Gasteiger partial charge in [0.2, 0.25) is 0 Å². The Morgan fingerprint density at radius 2 is 1.90 bits per heavy atom. The molecule has 0 unspecified atom stereocenters. The summed E-state index contributed by atoms with van der Waals surface area (Å²) < 4.78 is 26.3. The number of aromatic nitrogens is 1. The maximum absolute atomic E-state index is 12.6. The van der Waals surface area contributed by atoms with E-state index in [2.05, 4.69) is 29.5 Å². The summed E-state index contributed by atoms with van der Waals surface area (Å²) in [5.74, 6) is -0.341. The van der Waals surface area contributed by atoms with E-state index < -0.39 is 10.0 Å². The molecule has 0 saturated carbocycles. The number of thiazole rings is 1. The molecule has 6 nitrogen and oxygen atoms in total. The standard InChI is InChI=1S/C22H19N3O3S2/c1-3-13-25(4-2)30(27,28)17-11-9-15(10-12-17)21(26)24-22-23-20-18-8-6-5-7-16(18)14-19(20)29-22/h3-12H,1-2,13-14H2,(H,23,24,26). The van der Waals surface area contributed by atoms with Gasteiger partial charge in [-0.25, -0.2) is 13.4 Å². The Hall–Kier alpha value is -3.23. The van der Waals surface area contributed by atoms with Gasteiger partial charge < -0.3 is 0 Å². The maximum atomic E-state index is 12.6. The minimum absolute atomic E-state index is 0.0747. The van der Waals surface area contributed by atoms with Crippen molar-refractivity contribution in [1.29, 1.82) is 0 Å². The van der Waals surface area contributed by atoms with Crippen LogP contribution in [0.25, 0.3) is 11.3 Å². The van der Waals surface area contributed by atoms with E-state index in [9.17, 15) is 13.2 Å². The molecular weight excluding hydrogens is 418 g/mol. The summed E-state index contributed by atoms with van der Waals surface area (Å²) in [6.45, 7) is 7.20. The van der Waals surface area contributed by atoms with Crippen LogP contribution in [0.15, 0.2) is 78.9 Å². The molecular formula is C22H19N3O3S2. The van der Waals surface area contributed by atoms with Crippen molar-refractivity contribution in [3.8, 4) is 11.3 Å². The van der Waals surface area contributed by atoms with Crippen LogP contribution in [0.3, 0.4) is 0 Å². The zero-order chi connectivity index (χ0) is 21.3. The second-order valence-corrected chi connectivity index (χ2v) is 9.62. The lowest BCUT2D eigenvalue weighted by molar-refractivity contribution is 0.102. The van der Waals surface area contributed by atoms with Crippen molar-refractivity contribution < 1.29 is 13.2 Å². The minimum Gasteiger partial charge on any atom is -0.298 e. The number of anilines is 1. The number of fused-ring (bicyclic) bond motifs is 3. The van der Waals surface area contributed by atoms with E-state index >= 15 is 0 Å². The number of carbonyl (C=O) groups is 1. The van der Waals surface area contributed by atoms with Gasteiger partial charge in [-0.2, -0.15) is 0 Å². The number of nitrogens with zero attached hydrogens (tertiary/aromatic N) is 2. The van der Waals surface area contributed by atoms with Crippen molar-refractivity contribution in [3.63, 3.8) is 0 Å². The highest BCUT2D eigenvalue weighted by molar-refractivity contribution is 7.89. The Labute approximate surface area is 179 Å². The molecule has 30 heavy (non-hydrogen) atoms. The van der Waals surface area contributed by atoms with Crippen LogP contribution < -0.4 is 5.32 Å². The van der Waals surface area contributed by atoms with Gasteiger partial charge in [-0.15, -0.1) is 17.9 Å². The molecule has 4 rings (SSSR count). The van der Waals surface area contributed by atoms with Gasteiger partial charge in [-0.3, -0.25) is 14.4 Å². The molecule has 0 bridgehead atoms. The second kappa shape index (κ2) is 7.89. The Balaban J connectivity index is 1.51. The van der Waals surface area contributed by atoms with Crippen LogP contribution in [0.4, 0.5) is 5.13 Å². The van der Waals surface area contributed by atoms with Gasteiger partial charge in [0.25, 0.3) is 15.9 Å². The van der Waals surface area contributed by atoms with Crippen molar-refractivity contribution >= 4 is 32.4 Å².